The van der Waals surface area contributed by atoms with Gasteiger partial charge < -0.3 is 9.30 Å². The molecule has 4 rings (SSSR count). The number of fused-ring (bicyclic) bond motifs is 1. The van der Waals surface area contributed by atoms with E-state index in [0.717, 1.165) is 22.7 Å². The number of ether oxygens (including phenoxy) is 1. The highest BCUT2D eigenvalue weighted by atomic mass is 19.1. The Morgan fingerprint density at radius 1 is 1.24 bits per heavy atom. The first kappa shape index (κ1) is 15.5. The summed E-state index contributed by atoms with van der Waals surface area (Å²) in [4.78, 5) is 17.1. The van der Waals surface area contributed by atoms with Crippen molar-refractivity contribution >= 4 is 5.78 Å². The zero-order valence-corrected chi connectivity index (χ0v) is 13.6. The van der Waals surface area contributed by atoms with E-state index >= 15 is 0 Å². The summed E-state index contributed by atoms with van der Waals surface area (Å²) >= 11 is 0. The van der Waals surface area contributed by atoms with E-state index in [0.29, 0.717) is 6.54 Å². The predicted molar refractivity (Wildman–Crippen MR) is 90.8 cm³/mol. The lowest BCUT2D eigenvalue weighted by Gasteiger charge is -2.12. The van der Waals surface area contributed by atoms with Crippen molar-refractivity contribution < 1.29 is 13.9 Å². The van der Waals surface area contributed by atoms with Crippen LogP contribution in [0, 0.1) is 5.82 Å². The largest absolute Gasteiger partial charge is 0.497 e. The molecule has 1 aromatic heterocycles. The number of methoxy groups -OCH3 is 1. The molecular formula is C19H16FN3O2. The number of benzene rings is 2. The van der Waals surface area contributed by atoms with Crippen LogP contribution >= 0.6 is 0 Å². The third kappa shape index (κ3) is 2.60. The van der Waals surface area contributed by atoms with Crippen LogP contribution in [0.25, 0.3) is 11.3 Å². The summed E-state index contributed by atoms with van der Waals surface area (Å²) in [6.45, 7) is 0.492. The number of aromatic nitrogens is 2. The summed E-state index contributed by atoms with van der Waals surface area (Å²) in [5.41, 5.74) is 2.72. The van der Waals surface area contributed by atoms with Gasteiger partial charge in [0.1, 0.15) is 17.7 Å². The van der Waals surface area contributed by atoms with Crippen LogP contribution < -0.4 is 10.1 Å². The first-order valence-corrected chi connectivity index (χ1v) is 7.91. The number of nitrogens with zero attached hydrogens (tertiary/aromatic N) is 2. The van der Waals surface area contributed by atoms with Crippen LogP contribution in [0.4, 0.5) is 4.39 Å². The number of hydrogen-bond acceptors (Lipinski definition) is 4. The number of rotatable bonds is 4. The van der Waals surface area contributed by atoms with Crippen LogP contribution in [0.15, 0.2) is 54.9 Å². The van der Waals surface area contributed by atoms with Gasteiger partial charge in [0, 0.05) is 12.1 Å². The van der Waals surface area contributed by atoms with Crippen molar-refractivity contribution in [2.24, 2.45) is 0 Å². The number of Topliss-reactive ketones (excluding diaryl/α,β-unsaturated/α-hetero) is 1. The van der Waals surface area contributed by atoms with Gasteiger partial charge in [-0.3, -0.25) is 10.1 Å². The van der Waals surface area contributed by atoms with Crippen LogP contribution in [0.3, 0.4) is 0 Å². The van der Waals surface area contributed by atoms with Gasteiger partial charge in [-0.25, -0.2) is 9.37 Å². The van der Waals surface area contributed by atoms with Crippen molar-refractivity contribution in [3.05, 3.63) is 71.9 Å². The molecule has 0 amide bonds. The molecule has 126 valence electrons. The number of halogens is 1. The maximum absolute atomic E-state index is 13.9. The number of ketones is 1. The fourth-order valence-electron chi connectivity index (χ4n) is 3.09. The number of carbonyl (C=O) groups is 1. The standard InChI is InChI=1S/C19H16FN3O2/c1-25-13-8-6-12(7-9-13)17-16-10-21-19(23(16)11-22-17)18(24)14-4-2-3-5-15(14)20/h2-9,11,19,21H,10H2,1H3. The van der Waals surface area contributed by atoms with Gasteiger partial charge in [-0.05, 0) is 36.4 Å². The molecule has 0 saturated carbocycles. The van der Waals surface area contributed by atoms with Gasteiger partial charge >= 0.3 is 0 Å². The average Bonchev–Trinajstić information content (AvgIpc) is 3.24. The van der Waals surface area contributed by atoms with Crippen LogP contribution in [0.2, 0.25) is 0 Å². The third-order valence-corrected chi connectivity index (χ3v) is 4.39. The van der Waals surface area contributed by atoms with Gasteiger partial charge in [0.05, 0.1) is 30.4 Å². The van der Waals surface area contributed by atoms with E-state index in [1.165, 1.54) is 12.1 Å². The minimum atomic E-state index is -0.647. The Kier molecular flexibility index (Phi) is 3.82. The predicted octanol–water partition coefficient (Wildman–Crippen LogP) is 3.18. The zero-order valence-electron chi connectivity index (χ0n) is 13.6. The van der Waals surface area contributed by atoms with Crippen molar-refractivity contribution in [2.45, 2.75) is 12.7 Å². The molecule has 1 aliphatic heterocycles. The average molecular weight is 337 g/mol. The highest BCUT2D eigenvalue weighted by molar-refractivity contribution is 5.99. The molecule has 1 unspecified atom stereocenters. The number of nitrogens with one attached hydrogen (secondary N) is 1. The molecule has 6 heteroatoms. The fraction of sp³-hybridized carbons (Fsp3) is 0.158. The Labute approximate surface area is 144 Å². The minimum absolute atomic E-state index is 0.0764. The monoisotopic (exact) mass is 337 g/mol. The molecular weight excluding hydrogens is 321 g/mol. The Bertz CT molecular complexity index is 934. The molecule has 1 atom stereocenters. The maximum Gasteiger partial charge on any atom is 0.203 e. The lowest BCUT2D eigenvalue weighted by molar-refractivity contribution is 0.0910. The topological polar surface area (TPSA) is 56.1 Å². The Morgan fingerprint density at radius 3 is 2.72 bits per heavy atom. The Balaban J connectivity index is 1.67. The lowest BCUT2D eigenvalue weighted by atomic mass is 10.1. The fourth-order valence-corrected chi connectivity index (χ4v) is 3.09. The highest BCUT2D eigenvalue weighted by Gasteiger charge is 2.32. The number of imidazole rings is 1. The van der Waals surface area contributed by atoms with E-state index in [4.69, 9.17) is 4.74 Å². The van der Waals surface area contributed by atoms with Gasteiger partial charge in [-0.15, -0.1) is 0 Å². The molecule has 25 heavy (non-hydrogen) atoms. The smallest absolute Gasteiger partial charge is 0.203 e. The van der Waals surface area contributed by atoms with Gasteiger partial charge in [0.25, 0.3) is 0 Å². The molecule has 3 aromatic rings. The molecule has 0 radical (unpaired) electrons. The molecule has 2 heterocycles. The van der Waals surface area contributed by atoms with Gasteiger partial charge in [-0.1, -0.05) is 12.1 Å². The summed E-state index contributed by atoms with van der Waals surface area (Å²) in [5, 5.41) is 3.14. The second-order valence-corrected chi connectivity index (χ2v) is 5.80. The molecule has 5 nitrogen and oxygen atoms in total. The maximum atomic E-state index is 13.9. The lowest BCUT2D eigenvalue weighted by Crippen LogP contribution is -2.26. The van der Waals surface area contributed by atoms with E-state index in [-0.39, 0.29) is 11.3 Å². The second-order valence-electron chi connectivity index (χ2n) is 5.80. The van der Waals surface area contributed by atoms with Gasteiger partial charge in [-0.2, -0.15) is 0 Å². The molecule has 1 N–H and O–H groups in total. The second kappa shape index (κ2) is 6.14. The van der Waals surface area contributed by atoms with E-state index in [2.05, 4.69) is 10.3 Å². The van der Waals surface area contributed by atoms with Crippen LogP contribution in [0.1, 0.15) is 22.2 Å². The number of carbonyl (C=O) groups excluding carboxylic acids is 1. The first-order chi connectivity index (χ1) is 12.2. The van der Waals surface area contributed by atoms with Crippen molar-refractivity contribution in [1.29, 1.82) is 0 Å². The van der Waals surface area contributed by atoms with Gasteiger partial charge in [0.2, 0.25) is 5.78 Å². The highest BCUT2D eigenvalue weighted by Crippen LogP contribution is 2.30. The summed E-state index contributed by atoms with van der Waals surface area (Å²) in [6.07, 6.45) is 0.976. The van der Waals surface area contributed by atoms with Crippen LogP contribution in [-0.2, 0) is 6.54 Å². The normalized spacial score (nSPS) is 15.8. The summed E-state index contributed by atoms with van der Waals surface area (Å²) in [5.74, 6) is -0.0564. The molecule has 0 bridgehead atoms. The molecule has 0 spiro atoms. The third-order valence-electron chi connectivity index (χ3n) is 4.39. The van der Waals surface area contributed by atoms with Gasteiger partial charge in [0.15, 0.2) is 0 Å². The zero-order chi connectivity index (χ0) is 17.4. The minimum Gasteiger partial charge on any atom is -0.497 e. The summed E-state index contributed by atoms with van der Waals surface area (Å²) in [6, 6.07) is 13.6. The van der Waals surface area contributed by atoms with Crippen LogP contribution in [0.5, 0.6) is 5.75 Å². The first-order valence-electron chi connectivity index (χ1n) is 7.91. The number of hydrogen-bond donors (Lipinski definition) is 1. The van der Waals surface area contributed by atoms with Crippen molar-refractivity contribution in [2.75, 3.05) is 7.11 Å². The van der Waals surface area contributed by atoms with Crippen molar-refractivity contribution in [3.63, 3.8) is 0 Å². The van der Waals surface area contributed by atoms with E-state index < -0.39 is 12.0 Å². The molecule has 0 aliphatic carbocycles. The molecule has 0 saturated heterocycles. The van der Waals surface area contributed by atoms with Crippen molar-refractivity contribution in [3.8, 4) is 17.0 Å². The van der Waals surface area contributed by atoms with E-state index in [1.807, 2.05) is 24.3 Å². The molecule has 1 aliphatic rings. The van der Waals surface area contributed by atoms with Crippen molar-refractivity contribution in [1.82, 2.24) is 14.9 Å². The summed E-state index contributed by atoms with van der Waals surface area (Å²) in [7, 11) is 1.62. The molecule has 0 fully saturated rings. The quantitative estimate of drug-likeness (QED) is 0.743. The Hall–Kier alpha value is -2.99. The van der Waals surface area contributed by atoms with E-state index in [1.54, 1.807) is 30.1 Å². The molecule has 2 aromatic carbocycles. The summed E-state index contributed by atoms with van der Waals surface area (Å²) < 4.78 is 20.9. The SMILES string of the molecule is COc1ccc(-c2ncn3c2CNC3C(=O)c2ccccc2F)cc1. The Morgan fingerprint density at radius 2 is 2.00 bits per heavy atom. The van der Waals surface area contributed by atoms with E-state index in [9.17, 15) is 9.18 Å². The van der Waals surface area contributed by atoms with Crippen LogP contribution in [-0.4, -0.2) is 22.4 Å².